The molecule has 0 spiro atoms. The summed E-state index contributed by atoms with van der Waals surface area (Å²) in [5, 5.41) is 13.5. The van der Waals surface area contributed by atoms with Gasteiger partial charge < -0.3 is 9.84 Å². The molecular formula is C18H27BN2O2. The summed E-state index contributed by atoms with van der Waals surface area (Å²) >= 11 is 0. The Labute approximate surface area is 140 Å². The first kappa shape index (κ1) is 19.3. The lowest BCUT2D eigenvalue weighted by Gasteiger charge is -2.33. The number of aryl methyl sites for hydroxylation is 1. The van der Waals surface area contributed by atoms with E-state index in [-0.39, 0.29) is 5.41 Å². The first-order chi connectivity index (χ1) is 10.5. The SMILES string of the molecule is CC(C)(C)C(C)(C)O.[B]c1cccc(COc2ccn(C)n2)c1. The predicted octanol–water partition coefficient (Wildman–Crippen LogP) is 2.60. The number of benzene rings is 1. The number of hydrogen-bond donors (Lipinski definition) is 1. The van der Waals surface area contributed by atoms with E-state index in [0.717, 1.165) is 11.0 Å². The predicted molar refractivity (Wildman–Crippen MR) is 95.1 cm³/mol. The quantitative estimate of drug-likeness (QED) is 0.886. The van der Waals surface area contributed by atoms with Crippen molar-refractivity contribution < 1.29 is 9.84 Å². The molecule has 0 fully saturated rings. The van der Waals surface area contributed by atoms with Crippen LogP contribution in [0, 0.1) is 5.41 Å². The van der Waals surface area contributed by atoms with Gasteiger partial charge in [-0.2, -0.15) is 0 Å². The molecular weight excluding hydrogens is 287 g/mol. The molecule has 1 N–H and O–H groups in total. The third kappa shape index (κ3) is 6.91. The van der Waals surface area contributed by atoms with Gasteiger partial charge in [0, 0.05) is 19.3 Å². The zero-order valence-electron chi connectivity index (χ0n) is 15.0. The van der Waals surface area contributed by atoms with Gasteiger partial charge in [0.2, 0.25) is 5.88 Å². The maximum atomic E-state index is 9.35. The number of aromatic nitrogens is 2. The number of ether oxygens (including phenoxy) is 1. The molecule has 1 aromatic heterocycles. The van der Waals surface area contributed by atoms with Crippen molar-refractivity contribution in [1.29, 1.82) is 0 Å². The largest absolute Gasteiger partial charge is 0.472 e. The highest BCUT2D eigenvalue weighted by Gasteiger charge is 2.29. The Morgan fingerprint density at radius 3 is 2.22 bits per heavy atom. The molecule has 0 atom stereocenters. The van der Waals surface area contributed by atoms with Crippen molar-refractivity contribution in [2.24, 2.45) is 12.5 Å². The fourth-order valence-corrected chi connectivity index (χ4v) is 1.31. The van der Waals surface area contributed by atoms with Gasteiger partial charge in [-0.3, -0.25) is 4.68 Å². The van der Waals surface area contributed by atoms with Crippen molar-refractivity contribution in [2.75, 3.05) is 0 Å². The van der Waals surface area contributed by atoms with Gasteiger partial charge in [0.1, 0.15) is 14.5 Å². The van der Waals surface area contributed by atoms with Gasteiger partial charge in [-0.25, -0.2) is 0 Å². The van der Waals surface area contributed by atoms with Gasteiger partial charge >= 0.3 is 0 Å². The second-order valence-electron chi connectivity index (χ2n) is 7.17. The van der Waals surface area contributed by atoms with Gasteiger partial charge in [0.15, 0.2) is 0 Å². The van der Waals surface area contributed by atoms with Crippen molar-refractivity contribution in [3.05, 3.63) is 42.1 Å². The Balaban J connectivity index is 0.000000284. The lowest BCUT2D eigenvalue weighted by molar-refractivity contribution is -0.0238. The molecule has 0 saturated heterocycles. The Bertz CT molecular complexity index is 598. The van der Waals surface area contributed by atoms with E-state index in [4.69, 9.17) is 12.6 Å². The van der Waals surface area contributed by atoms with E-state index >= 15 is 0 Å². The number of hydrogen-bond acceptors (Lipinski definition) is 3. The van der Waals surface area contributed by atoms with Crippen LogP contribution >= 0.6 is 0 Å². The summed E-state index contributed by atoms with van der Waals surface area (Å²) in [6.07, 6.45) is 1.84. The number of nitrogens with zero attached hydrogens (tertiary/aromatic N) is 2. The summed E-state index contributed by atoms with van der Waals surface area (Å²) in [5.41, 5.74) is 1.22. The summed E-state index contributed by atoms with van der Waals surface area (Å²) in [6, 6.07) is 9.45. The fourth-order valence-electron chi connectivity index (χ4n) is 1.31. The second-order valence-corrected chi connectivity index (χ2v) is 7.17. The molecule has 5 heteroatoms. The third-order valence-electron chi connectivity index (χ3n) is 3.86. The molecule has 0 unspecified atom stereocenters. The molecule has 23 heavy (non-hydrogen) atoms. The highest BCUT2D eigenvalue weighted by molar-refractivity contribution is 6.32. The summed E-state index contributed by atoms with van der Waals surface area (Å²) in [7, 11) is 7.51. The molecule has 2 rings (SSSR count). The zero-order chi connectivity index (χ0) is 17.7. The van der Waals surface area contributed by atoms with Gasteiger partial charge in [0.25, 0.3) is 0 Å². The Hall–Kier alpha value is -1.75. The molecule has 2 radical (unpaired) electrons. The third-order valence-corrected chi connectivity index (χ3v) is 3.86. The van der Waals surface area contributed by atoms with Crippen LogP contribution in [0.3, 0.4) is 0 Å². The lowest BCUT2D eigenvalue weighted by Crippen LogP contribution is -2.35. The second kappa shape index (κ2) is 7.69. The normalized spacial score (nSPS) is 11.6. The van der Waals surface area contributed by atoms with E-state index in [9.17, 15) is 5.11 Å². The van der Waals surface area contributed by atoms with E-state index in [2.05, 4.69) is 5.10 Å². The molecule has 0 bridgehead atoms. The first-order valence-corrected chi connectivity index (χ1v) is 7.68. The monoisotopic (exact) mass is 314 g/mol. The van der Waals surface area contributed by atoms with E-state index in [1.807, 2.05) is 78.2 Å². The van der Waals surface area contributed by atoms with Crippen LogP contribution in [0.1, 0.15) is 40.2 Å². The average Bonchev–Trinajstić information content (AvgIpc) is 2.81. The molecule has 1 heterocycles. The summed E-state index contributed by atoms with van der Waals surface area (Å²) < 4.78 is 7.18. The minimum Gasteiger partial charge on any atom is -0.472 e. The van der Waals surface area contributed by atoms with Gasteiger partial charge in [0.05, 0.1) is 5.60 Å². The lowest BCUT2D eigenvalue weighted by atomic mass is 9.79. The van der Waals surface area contributed by atoms with E-state index in [1.54, 1.807) is 4.68 Å². The minimum atomic E-state index is -0.562. The molecule has 1 aromatic carbocycles. The topological polar surface area (TPSA) is 47.3 Å². The van der Waals surface area contributed by atoms with Crippen molar-refractivity contribution in [2.45, 2.75) is 46.8 Å². The molecule has 0 aliphatic carbocycles. The molecule has 2 aromatic rings. The van der Waals surface area contributed by atoms with Crippen LogP contribution in [0.4, 0.5) is 0 Å². The Morgan fingerprint density at radius 2 is 1.78 bits per heavy atom. The highest BCUT2D eigenvalue weighted by atomic mass is 16.5. The van der Waals surface area contributed by atoms with Gasteiger partial charge in [-0.05, 0) is 24.8 Å². The van der Waals surface area contributed by atoms with Crippen molar-refractivity contribution in [3.8, 4) is 5.88 Å². The van der Waals surface area contributed by atoms with Crippen molar-refractivity contribution >= 4 is 13.3 Å². The summed E-state index contributed by atoms with van der Waals surface area (Å²) in [4.78, 5) is 0. The van der Waals surface area contributed by atoms with Crippen LogP contribution in [0.5, 0.6) is 5.88 Å². The molecule has 0 aliphatic heterocycles. The minimum absolute atomic E-state index is 0.00694. The van der Waals surface area contributed by atoms with E-state index < -0.39 is 5.60 Å². The van der Waals surface area contributed by atoms with Gasteiger partial charge in [-0.15, -0.1) is 5.10 Å². The average molecular weight is 314 g/mol. The van der Waals surface area contributed by atoms with Crippen molar-refractivity contribution in [1.82, 2.24) is 9.78 Å². The van der Waals surface area contributed by atoms with Crippen LogP contribution < -0.4 is 10.2 Å². The standard InChI is InChI=1S/C11H11BN2O.C7H16O/c1-14-6-5-11(13-14)15-8-9-3-2-4-10(12)7-9;1-6(2,3)7(4,5)8/h2-7H,8H2,1H3;8H,1-5H3. The fraction of sp³-hybridized carbons (Fsp3) is 0.500. The van der Waals surface area contributed by atoms with Crippen LogP contribution in [0.2, 0.25) is 0 Å². The maximum Gasteiger partial charge on any atom is 0.233 e. The molecule has 4 nitrogen and oxygen atoms in total. The molecule has 0 amide bonds. The maximum absolute atomic E-state index is 9.35. The molecule has 124 valence electrons. The highest BCUT2D eigenvalue weighted by Crippen LogP contribution is 2.28. The first-order valence-electron chi connectivity index (χ1n) is 7.68. The van der Waals surface area contributed by atoms with Gasteiger partial charge in [-0.1, -0.05) is 50.5 Å². The molecule has 0 aliphatic rings. The van der Waals surface area contributed by atoms with E-state index in [1.165, 1.54) is 0 Å². The Morgan fingerprint density at radius 1 is 1.17 bits per heavy atom. The van der Waals surface area contributed by atoms with Crippen LogP contribution in [0.25, 0.3) is 0 Å². The zero-order valence-corrected chi connectivity index (χ0v) is 15.0. The molecule has 0 saturated carbocycles. The van der Waals surface area contributed by atoms with Crippen LogP contribution in [-0.2, 0) is 13.7 Å². The van der Waals surface area contributed by atoms with Crippen LogP contribution in [0.15, 0.2) is 36.5 Å². The van der Waals surface area contributed by atoms with Crippen molar-refractivity contribution in [3.63, 3.8) is 0 Å². The number of aliphatic hydroxyl groups is 1. The summed E-state index contributed by atoms with van der Waals surface area (Å²) in [6.45, 7) is 10.2. The summed E-state index contributed by atoms with van der Waals surface area (Å²) in [5.74, 6) is 0.625. The Kier molecular flexibility index (Phi) is 6.45. The number of rotatable bonds is 3. The van der Waals surface area contributed by atoms with Crippen LogP contribution in [-0.4, -0.2) is 28.3 Å². The van der Waals surface area contributed by atoms with E-state index in [0.29, 0.717) is 12.5 Å². The smallest absolute Gasteiger partial charge is 0.233 e.